The lowest BCUT2D eigenvalue weighted by atomic mass is 10.0. The number of aromatic hydroxyl groups is 1. The summed E-state index contributed by atoms with van der Waals surface area (Å²) in [6.07, 6.45) is 1.46. The number of hydrogen-bond acceptors (Lipinski definition) is 7. The Balaban J connectivity index is 1.69. The Morgan fingerprint density at radius 2 is 1.88 bits per heavy atom. The van der Waals surface area contributed by atoms with Crippen molar-refractivity contribution in [3.8, 4) is 5.88 Å². The fraction of sp³-hybridized carbons (Fsp3) is 0.444. The van der Waals surface area contributed by atoms with Crippen LogP contribution in [0.1, 0.15) is 22.0 Å². The molecule has 0 amide bonds. The fourth-order valence-corrected chi connectivity index (χ4v) is 4.63. The van der Waals surface area contributed by atoms with E-state index in [-0.39, 0.29) is 18.5 Å². The number of nitrogens with zero attached hydrogens (tertiary/aromatic N) is 5. The van der Waals surface area contributed by atoms with Gasteiger partial charge in [0.2, 0.25) is 10.8 Å². The van der Waals surface area contributed by atoms with Gasteiger partial charge in [0.25, 0.3) is 0 Å². The van der Waals surface area contributed by atoms with E-state index in [0.717, 1.165) is 36.6 Å². The highest BCUT2D eigenvalue weighted by molar-refractivity contribution is 7.17. The molecule has 1 aliphatic rings. The Hall–Kier alpha value is -2.00. The highest BCUT2D eigenvalue weighted by Crippen LogP contribution is 2.39. The third kappa shape index (κ3) is 3.21. The number of aliphatic hydroxyl groups excluding tert-OH is 1. The molecule has 0 unspecified atom stereocenters. The summed E-state index contributed by atoms with van der Waals surface area (Å²) in [5.41, 5.74) is 2.37. The molecule has 7 nitrogen and oxygen atoms in total. The lowest BCUT2D eigenvalue weighted by Gasteiger charge is -2.39. The molecule has 0 saturated carbocycles. The van der Waals surface area contributed by atoms with Crippen LogP contribution in [0.3, 0.4) is 0 Å². The Kier molecular flexibility index (Phi) is 4.90. The molecule has 1 aromatic carbocycles. The third-order valence-electron chi connectivity index (χ3n) is 4.97. The number of thiazole rings is 1. The molecular weight excluding hydrogens is 350 g/mol. The molecule has 4 rings (SSSR count). The van der Waals surface area contributed by atoms with E-state index in [1.54, 1.807) is 0 Å². The fourth-order valence-electron chi connectivity index (χ4n) is 3.54. The van der Waals surface area contributed by atoms with Crippen molar-refractivity contribution in [1.82, 2.24) is 24.4 Å². The van der Waals surface area contributed by atoms with Gasteiger partial charge < -0.3 is 10.2 Å². The van der Waals surface area contributed by atoms with Crippen molar-refractivity contribution in [2.45, 2.75) is 13.0 Å². The maximum absolute atomic E-state index is 10.7. The maximum Gasteiger partial charge on any atom is 0.230 e. The second-order valence-corrected chi connectivity index (χ2v) is 7.67. The summed E-state index contributed by atoms with van der Waals surface area (Å²) < 4.78 is 1.50. The van der Waals surface area contributed by atoms with Gasteiger partial charge in [0, 0.05) is 32.7 Å². The summed E-state index contributed by atoms with van der Waals surface area (Å²) >= 11 is 1.49. The molecule has 2 N–H and O–H groups in total. The van der Waals surface area contributed by atoms with E-state index in [1.165, 1.54) is 27.7 Å². The van der Waals surface area contributed by atoms with Gasteiger partial charge in [-0.15, -0.1) is 0 Å². The summed E-state index contributed by atoms with van der Waals surface area (Å²) in [6, 6.07) is 8.46. The van der Waals surface area contributed by atoms with Gasteiger partial charge in [-0.3, -0.25) is 9.80 Å². The Bertz CT molecular complexity index is 867. The van der Waals surface area contributed by atoms with Gasteiger partial charge in [-0.05, 0) is 12.5 Å². The number of aliphatic hydroxyl groups is 1. The number of aromatic nitrogens is 3. The predicted octanol–water partition coefficient (Wildman–Crippen LogP) is 1.50. The minimum Gasteiger partial charge on any atom is -0.492 e. The van der Waals surface area contributed by atoms with Gasteiger partial charge in [-0.1, -0.05) is 41.2 Å². The van der Waals surface area contributed by atoms with Crippen LogP contribution in [0.25, 0.3) is 4.96 Å². The molecule has 3 heterocycles. The molecule has 3 aromatic rings. The lowest BCUT2D eigenvalue weighted by molar-refractivity contribution is 0.0945. The second-order valence-electron chi connectivity index (χ2n) is 6.66. The van der Waals surface area contributed by atoms with Crippen LogP contribution < -0.4 is 0 Å². The van der Waals surface area contributed by atoms with E-state index in [1.807, 2.05) is 0 Å². The zero-order valence-electron chi connectivity index (χ0n) is 14.7. The normalized spacial score (nSPS) is 17.8. The summed E-state index contributed by atoms with van der Waals surface area (Å²) in [5, 5.41) is 24.0. The van der Waals surface area contributed by atoms with Crippen LogP contribution in [-0.2, 0) is 0 Å². The van der Waals surface area contributed by atoms with Crippen molar-refractivity contribution in [2.24, 2.45) is 0 Å². The average molecular weight is 373 g/mol. The standard InChI is InChI=1S/C18H23N5O2S/c1-13-2-4-14(5-3-13)15(22-8-6-21(7-9-22)10-11-24)16-17(25)23-18(26-16)19-12-20-23/h2-5,12,15,24-25H,6-11H2,1H3/t15-/m0/s1. The molecule has 1 aliphatic heterocycles. The molecule has 1 saturated heterocycles. The smallest absolute Gasteiger partial charge is 0.230 e. The van der Waals surface area contributed by atoms with Gasteiger partial charge >= 0.3 is 0 Å². The quantitative estimate of drug-likeness (QED) is 0.706. The molecule has 0 bridgehead atoms. The molecule has 8 heteroatoms. The van der Waals surface area contributed by atoms with Gasteiger partial charge in [-0.25, -0.2) is 4.98 Å². The van der Waals surface area contributed by atoms with Crippen LogP contribution in [0.5, 0.6) is 5.88 Å². The SMILES string of the molecule is Cc1ccc([C@@H](c2sc3ncnn3c2O)N2CCN(CCO)CC2)cc1. The second kappa shape index (κ2) is 7.32. The zero-order valence-corrected chi connectivity index (χ0v) is 15.6. The van der Waals surface area contributed by atoms with E-state index < -0.39 is 0 Å². The molecule has 138 valence electrons. The van der Waals surface area contributed by atoms with Crippen molar-refractivity contribution in [3.05, 3.63) is 46.6 Å². The zero-order chi connectivity index (χ0) is 18.1. The largest absolute Gasteiger partial charge is 0.492 e. The van der Waals surface area contributed by atoms with Crippen LogP contribution in [0.15, 0.2) is 30.6 Å². The molecule has 1 atom stereocenters. The van der Waals surface area contributed by atoms with E-state index >= 15 is 0 Å². The van der Waals surface area contributed by atoms with Crippen molar-refractivity contribution in [1.29, 1.82) is 0 Å². The maximum atomic E-state index is 10.7. The van der Waals surface area contributed by atoms with Gasteiger partial charge in [0.05, 0.1) is 17.5 Å². The summed E-state index contributed by atoms with van der Waals surface area (Å²) in [7, 11) is 0. The van der Waals surface area contributed by atoms with Gasteiger partial charge in [-0.2, -0.15) is 9.61 Å². The van der Waals surface area contributed by atoms with E-state index in [0.29, 0.717) is 11.5 Å². The first-order chi connectivity index (χ1) is 12.7. The Morgan fingerprint density at radius 3 is 2.54 bits per heavy atom. The number of benzene rings is 1. The number of β-amino-alcohol motifs (C(OH)–C–C–N with tert-alkyl or cyclic N) is 1. The Labute approximate surface area is 156 Å². The van der Waals surface area contributed by atoms with Crippen molar-refractivity contribution < 1.29 is 10.2 Å². The van der Waals surface area contributed by atoms with Gasteiger partial charge in [0.1, 0.15) is 6.33 Å². The van der Waals surface area contributed by atoms with Gasteiger partial charge in [0.15, 0.2) is 0 Å². The molecule has 0 radical (unpaired) electrons. The number of fused-ring (bicyclic) bond motifs is 1. The average Bonchev–Trinajstić information content (AvgIpc) is 3.22. The third-order valence-corrected chi connectivity index (χ3v) is 6.06. The molecule has 0 spiro atoms. The topological polar surface area (TPSA) is 77.1 Å². The van der Waals surface area contributed by atoms with Crippen LogP contribution in [0.4, 0.5) is 0 Å². The summed E-state index contributed by atoms with van der Waals surface area (Å²) in [6.45, 7) is 6.56. The summed E-state index contributed by atoms with van der Waals surface area (Å²) in [5.74, 6) is 0.172. The summed E-state index contributed by atoms with van der Waals surface area (Å²) in [4.78, 5) is 10.5. The van der Waals surface area contributed by atoms with Crippen molar-refractivity contribution >= 4 is 16.3 Å². The number of aryl methyl sites for hydroxylation is 1. The highest BCUT2D eigenvalue weighted by atomic mass is 32.1. The molecule has 2 aromatic heterocycles. The van der Waals surface area contributed by atoms with E-state index in [9.17, 15) is 5.11 Å². The van der Waals surface area contributed by atoms with E-state index in [4.69, 9.17) is 5.11 Å². The van der Waals surface area contributed by atoms with E-state index in [2.05, 4.69) is 51.1 Å². The van der Waals surface area contributed by atoms with Crippen molar-refractivity contribution in [2.75, 3.05) is 39.3 Å². The van der Waals surface area contributed by atoms with Crippen LogP contribution in [0.2, 0.25) is 0 Å². The minimum absolute atomic E-state index is 0.0274. The monoisotopic (exact) mass is 373 g/mol. The number of piperazine rings is 1. The van der Waals surface area contributed by atoms with Crippen LogP contribution >= 0.6 is 11.3 Å². The predicted molar refractivity (Wildman–Crippen MR) is 101 cm³/mol. The molecular formula is C18H23N5O2S. The Morgan fingerprint density at radius 1 is 1.15 bits per heavy atom. The molecule has 0 aliphatic carbocycles. The van der Waals surface area contributed by atoms with Crippen molar-refractivity contribution in [3.63, 3.8) is 0 Å². The lowest BCUT2D eigenvalue weighted by Crippen LogP contribution is -2.48. The van der Waals surface area contributed by atoms with Crippen LogP contribution in [-0.4, -0.2) is 73.9 Å². The molecule has 26 heavy (non-hydrogen) atoms. The molecule has 1 fully saturated rings. The first-order valence-electron chi connectivity index (χ1n) is 8.82. The number of hydrogen-bond donors (Lipinski definition) is 2. The first kappa shape index (κ1) is 17.4. The highest BCUT2D eigenvalue weighted by Gasteiger charge is 2.31. The number of rotatable bonds is 5. The first-order valence-corrected chi connectivity index (χ1v) is 9.64. The van der Waals surface area contributed by atoms with Crippen LogP contribution in [0, 0.1) is 6.92 Å². The minimum atomic E-state index is -0.0274.